The van der Waals surface area contributed by atoms with Crippen molar-refractivity contribution in [2.45, 2.75) is 64.9 Å². The zero-order chi connectivity index (χ0) is 23.7. The van der Waals surface area contributed by atoms with Crippen LogP contribution in [0.3, 0.4) is 0 Å². The first kappa shape index (κ1) is 24.9. The maximum atomic E-state index is 13.3. The molecule has 2 aromatic rings. The van der Waals surface area contributed by atoms with Crippen LogP contribution in [0.25, 0.3) is 0 Å². The van der Waals surface area contributed by atoms with E-state index in [2.05, 4.69) is 12.2 Å². The normalized spacial score (nSPS) is 22.2. The van der Waals surface area contributed by atoms with E-state index in [1.165, 1.54) is 0 Å². The molecule has 0 aromatic heterocycles. The van der Waals surface area contributed by atoms with E-state index in [-0.39, 0.29) is 19.1 Å². The third kappa shape index (κ3) is 6.89. The van der Waals surface area contributed by atoms with Crippen molar-refractivity contribution in [2.75, 3.05) is 6.61 Å². The lowest BCUT2D eigenvalue weighted by molar-refractivity contribution is -0.156. The van der Waals surface area contributed by atoms with E-state index >= 15 is 0 Å². The van der Waals surface area contributed by atoms with Crippen LogP contribution in [0.1, 0.15) is 50.7 Å². The molecule has 2 aromatic carbocycles. The van der Waals surface area contributed by atoms with Crippen LogP contribution < -0.4 is 5.32 Å². The molecule has 0 bridgehead atoms. The molecular weight excluding hydrogens is 418 g/mol. The minimum absolute atomic E-state index is 0.111. The second-order valence-electron chi connectivity index (χ2n) is 9.17. The number of benzene rings is 2. The Balaban J connectivity index is 1.70. The summed E-state index contributed by atoms with van der Waals surface area (Å²) >= 11 is 0. The molecule has 6 heteroatoms. The highest BCUT2D eigenvalue weighted by Crippen LogP contribution is 2.39. The average molecular weight is 454 g/mol. The number of aliphatic hydroxyl groups is 1. The Bertz CT molecular complexity index is 878. The average Bonchev–Trinajstić information content (AvgIpc) is 2.86. The third-order valence-electron chi connectivity index (χ3n) is 6.61. The van der Waals surface area contributed by atoms with Gasteiger partial charge in [-0.3, -0.25) is 4.79 Å². The summed E-state index contributed by atoms with van der Waals surface area (Å²) in [6.45, 7) is 4.09. The van der Waals surface area contributed by atoms with Gasteiger partial charge in [0.2, 0.25) is 5.91 Å². The molecule has 0 heterocycles. The monoisotopic (exact) mass is 453 g/mol. The Morgan fingerprint density at radius 1 is 1.00 bits per heavy atom. The third-order valence-corrected chi connectivity index (χ3v) is 6.61. The molecule has 1 saturated carbocycles. The molecule has 2 N–H and O–H groups in total. The summed E-state index contributed by atoms with van der Waals surface area (Å²) in [6.07, 6.45) is 2.33. The van der Waals surface area contributed by atoms with Gasteiger partial charge in [0, 0.05) is 0 Å². The van der Waals surface area contributed by atoms with Gasteiger partial charge in [-0.25, -0.2) is 4.79 Å². The molecule has 1 aliphatic carbocycles. The van der Waals surface area contributed by atoms with E-state index in [0.717, 1.165) is 24.0 Å². The van der Waals surface area contributed by atoms with Crippen molar-refractivity contribution in [1.82, 2.24) is 5.32 Å². The largest absolute Gasteiger partial charge is 0.459 e. The summed E-state index contributed by atoms with van der Waals surface area (Å²) in [6, 6.07) is 18.1. The lowest BCUT2D eigenvalue weighted by Crippen LogP contribution is -2.55. The highest BCUT2D eigenvalue weighted by molar-refractivity contribution is 5.88. The predicted octanol–water partition coefficient (Wildman–Crippen LogP) is 4.01. The van der Waals surface area contributed by atoms with Gasteiger partial charge >= 0.3 is 5.97 Å². The van der Waals surface area contributed by atoms with Crippen molar-refractivity contribution in [3.63, 3.8) is 0 Å². The second-order valence-corrected chi connectivity index (χ2v) is 9.17. The first-order valence-corrected chi connectivity index (χ1v) is 11.7. The Kier molecular flexibility index (Phi) is 9.03. The Morgan fingerprint density at radius 2 is 1.55 bits per heavy atom. The molecule has 3 rings (SSSR count). The fraction of sp³-hybridized carbons (Fsp3) is 0.481. The van der Waals surface area contributed by atoms with Crippen LogP contribution in [-0.2, 0) is 32.3 Å². The number of nitrogens with one attached hydrogen (secondary N) is 1. The number of hydrogen-bond acceptors (Lipinski definition) is 5. The van der Waals surface area contributed by atoms with E-state index in [4.69, 9.17) is 9.47 Å². The highest BCUT2D eigenvalue weighted by atomic mass is 16.5. The number of hydrogen-bond donors (Lipinski definition) is 2. The summed E-state index contributed by atoms with van der Waals surface area (Å²) in [5.41, 5.74) is 0.964. The van der Waals surface area contributed by atoms with Crippen molar-refractivity contribution in [1.29, 1.82) is 0 Å². The van der Waals surface area contributed by atoms with E-state index < -0.39 is 23.5 Å². The van der Waals surface area contributed by atoms with Crippen molar-refractivity contribution in [3.05, 3.63) is 71.8 Å². The predicted molar refractivity (Wildman–Crippen MR) is 126 cm³/mol. The summed E-state index contributed by atoms with van der Waals surface area (Å²) in [5, 5.41) is 13.0. The van der Waals surface area contributed by atoms with Crippen LogP contribution in [0.2, 0.25) is 0 Å². The maximum Gasteiger partial charge on any atom is 0.331 e. The fourth-order valence-corrected chi connectivity index (χ4v) is 4.15. The molecule has 6 nitrogen and oxygen atoms in total. The first-order chi connectivity index (χ1) is 15.9. The topological polar surface area (TPSA) is 84.9 Å². The molecule has 0 aliphatic heterocycles. The Labute approximate surface area is 196 Å². The summed E-state index contributed by atoms with van der Waals surface area (Å²) in [7, 11) is 0. The van der Waals surface area contributed by atoms with Crippen LogP contribution in [0, 0.1) is 11.3 Å². The first-order valence-electron chi connectivity index (χ1n) is 11.7. The summed E-state index contributed by atoms with van der Waals surface area (Å²) < 4.78 is 11.5. The van der Waals surface area contributed by atoms with Crippen LogP contribution in [0.4, 0.5) is 0 Å². The zero-order valence-electron chi connectivity index (χ0n) is 19.5. The lowest BCUT2D eigenvalue weighted by Gasteiger charge is -2.38. The van der Waals surface area contributed by atoms with Gasteiger partial charge in [-0.05, 0) is 49.7 Å². The van der Waals surface area contributed by atoms with Gasteiger partial charge in [-0.1, -0.05) is 67.6 Å². The maximum absolute atomic E-state index is 13.3. The quantitative estimate of drug-likeness (QED) is 0.531. The van der Waals surface area contributed by atoms with Crippen molar-refractivity contribution in [3.8, 4) is 0 Å². The number of amides is 1. The van der Waals surface area contributed by atoms with Gasteiger partial charge in [0.1, 0.15) is 6.61 Å². The molecule has 2 atom stereocenters. The smallest absolute Gasteiger partial charge is 0.331 e. The molecule has 1 unspecified atom stereocenters. The van der Waals surface area contributed by atoms with E-state index in [1.54, 1.807) is 6.92 Å². The standard InChI is InChI=1S/C27H35NO5/c1-20-13-15-27(19-29,16-14-20)26(31)28-24(21(2)32-17-22-9-5-3-6-10-22)25(30)33-18-23-11-7-4-8-12-23/h3-12,20-21,24,29H,13-19H2,1-2H3,(H,28,31)/t20?,21?,24-,27?/m0/s1. The van der Waals surface area contributed by atoms with Gasteiger partial charge in [0.15, 0.2) is 6.04 Å². The van der Waals surface area contributed by atoms with Crippen LogP contribution in [0.5, 0.6) is 0 Å². The summed E-state index contributed by atoms with van der Waals surface area (Å²) in [5.74, 6) is -0.337. The van der Waals surface area contributed by atoms with Crippen LogP contribution in [0.15, 0.2) is 60.7 Å². The molecule has 1 fully saturated rings. The Hall–Kier alpha value is -2.70. The lowest BCUT2D eigenvalue weighted by atomic mass is 9.70. The highest BCUT2D eigenvalue weighted by Gasteiger charge is 2.43. The van der Waals surface area contributed by atoms with Gasteiger partial charge in [0.25, 0.3) is 0 Å². The number of ether oxygens (including phenoxy) is 2. The van der Waals surface area contributed by atoms with Crippen molar-refractivity contribution >= 4 is 11.9 Å². The number of aliphatic hydroxyl groups excluding tert-OH is 1. The molecule has 33 heavy (non-hydrogen) atoms. The van der Waals surface area contributed by atoms with E-state index in [1.807, 2.05) is 60.7 Å². The number of esters is 1. The van der Waals surface area contributed by atoms with Crippen LogP contribution >= 0.6 is 0 Å². The molecule has 1 amide bonds. The Morgan fingerprint density at radius 3 is 2.09 bits per heavy atom. The minimum Gasteiger partial charge on any atom is -0.459 e. The minimum atomic E-state index is -0.979. The molecule has 0 spiro atoms. The van der Waals surface area contributed by atoms with Crippen molar-refractivity contribution < 1.29 is 24.2 Å². The van der Waals surface area contributed by atoms with Crippen LogP contribution in [-0.4, -0.2) is 35.7 Å². The SMILES string of the molecule is CC1CCC(CO)(C(=O)N[C@H](C(=O)OCc2ccccc2)C(C)OCc2ccccc2)CC1. The van der Waals surface area contributed by atoms with Gasteiger partial charge in [-0.15, -0.1) is 0 Å². The van der Waals surface area contributed by atoms with E-state index in [0.29, 0.717) is 25.4 Å². The molecule has 0 saturated heterocycles. The van der Waals surface area contributed by atoms with Gasteiger partial charge in [-0.2, -0.15) is 0 Å². The zero-order valence-corrected chi connectivity index (χ0v) is 19.5. The molecular formula is C27H35NO5. The van der Waals surface area contributed by atoms with E-state index in [9.17, 15) is 14.7 Å². The summed E-state index contributed by atoms with van der Waals surface area (Å²) in [4.78, 5) is 26.3. The van der Waals surface area contributed by atoms with Crippen molar-refractivity contribution in [2.24, 2.45) is 11.3 Å². The molecule has 0 radical (unpaired) electrons. The fourth-order valence-electron chi connectivity index (χ4n) is 4.15. The number of carbonyl (C=O) groups excluding carboxylic acids is 2. The van der Waals surface area contributed by atoms with Gasteiger partial charge < -0.3 is 19.9 Å². The number of carbonyl (C=O) groups is 2. The molecule has 1 aliphatic rings. The number of rotatable bonds is 10. The molecule has 178 valence electrons. The van der Waals surface area contributed by atoms with Gasteiger partial charge in [0.05, 0.1) is 24.7 Å². The second kappa shape index (κ2) is 12.0.